The van der Waals surface area contributed by atoms with Gasteiger partial charge >= 0.3 is 0 Å². The molecule has 1 amide bonds. The van der Waals surface area contributed by atoms with Crippen LogP contribution < -0.4 is 5.32 Å². The number of Topliss-reactive ketones (excluding diaryl/α,β-unsaturated/α-hetero) is 1. The number of sulfonamides is 1. The van der Waals surface area contributed by atoms with Gasteiger partial charge in [0.1, 0.15) is 10.3 Å². The number of thiazole rings is 1. The molecule has 7 nitrogen and oxygen atoms in total. The Morgan fingerprint density at radius 3 is 2.76 bits per heavy atom. The van der Waals surface area contributed by atoms with Gasteiger partial charge in [0.25, 0.3) is 10.0 Å². The third kappa shape index (κ3) is 3.52. The van der Waals surface area contributed by atoms with Crippen LogP contribution in [0.4, 0.5) is 5.13 Å². The maximum absolute atomic E-state index is 12.7. The van der Waals surface area contributed by atoms with Crippen LogP contribution in [0.5, 0.6) is 0 Å². The van der Waals surface area contributed by atoms with Gasteiger partial charge in [0.05, 0.1) is 10.6 Å². The van der Waals surface area contributed by atoms with Gasteiger partial charge in [-0.1, -0.05) is 17.4 Å². The lowest BCUT2D eigenvalue weighted by Gasteiger charge is -2.22. The van der Waals surface area contributed by atoms with Crippen LogP contribution in [-0.4, -0.2) is 42.0 Å². The number of nitrogens with zero attached hydrogens (tertiary/aromatic N) is 2. The molecule has 1 aliphatic heterocycles. The van der Waals surface area contributed by atoms with E-state index in [1.165, 1.54) is 17.3 Å². The van der Waals surface area contributed by atoms with Crippen LogP contribution in [0.15, 0.2) is 21.7 Å². The lowest BCUT2D eigenvalue weighted by molar-refractivity contribution is -0.119. The van der Waals surface area contributed by atoms with Crippen molar-refractivity contribution >= 4 is 49.5 Å². The molecular formula is C15H17N3O4S3. The van der Waals surface area contributed by atoms with Crippen molar-refractivity contribution in [3.05, 3.63) is 28.1 Å². The highest BCUT2D eigenvalue weighted by Gasteiger charge is 2.40. The van der Waals surface area contributed by atoms with E-state index >= 15 is 0 Å². The molecule has 25 heavy (non-hydrogen) atoms. The molecule has 0 saturated carbocycles. The van der Waals surface area contributed by atoms with Crippen molar-refractivity contribution in [2.45, 2.75) is 36.9 Å². The summed E-state index contributed by atoms with van der Waals surface area (Å²) in [5, 5.41) is 4.67. The zero-order chi connectivity index (χ0) is 18.2. The van der Waals surface area contributed by atoms with E-state index in [1.54, 1.807) is 18.4 Å². The molecule has 0 spiro atoms. The second kappa shape index (κ2) is 6.94. The molecule has 1 aliphatic rings. The van der Waals surface area contributed by atoms with E-state index in [-0.39, 0.29) is 9.99 Å². The van der Waals surface area contributed by atoms with Crippen molar-refractivity contribution in [3.8, 4) is 0 Å². The minimum atomic E-state index is -3.68. The van der Waals surface area contributed by atoms with E-state index in [2.05, 4.69) is 10.3 Å². The normalized spacial score (nSPS) is 18.4. The molecule has 134 valence electrons. The Labute approximate surface area is 153 Å². The van der Waals surface area contributed by atoms with Crippen LogP contribution in [0.25, 0.3) is 0 Å². The van der Waals surface area contributed by atoms with Gasteiger partial charge in [0, 0.05) is 13.5 Å². The van der Waals surface area contributed by atoms with E-state index in [4.69, 9.17) is 0 Å². The molecule has 0 bridgehead atoms. The van der Waals surface area contributed by atoms with E-state index < -0.39 is 22.0 Å². The predicted octanol–water partition coefficient (Wildman–Crippen LogP) is 2.51. The Morgan fingerprint density at radius 1 is 1.40 bits per heavy atom. The first kappa shape index (κ1) is 18.2. The summed E-state index contributed by atoms with van der Waals surface area (Å²) in [5.41, 5.74) is 0.558. The molecule has 0 aliphatic carbocycles. The van der Waals surface area contributed by atoms with Crippen LogP contribution >= 0.6 is 22.7 Å². The largest absolute Gasteiger partial charge is 0.301 e. The van der Waals surface area contributed by atoms with Gasteiger partial charge in [-0.3, -0.25) is 9.59 Å². The molecule has 1 saturated heterocycles. The first-order chi connectivity index (χ1) is 11.8. The number of carbonyl (C=O) groups excluding carboxylic acids is 2. The number of anilines is 1. The summed E-state index contributed by atoms with van der Waals surface area (Å²) in [6.07, 6.45) is 1.08. The SMILES string of the molecule is CC(=O)c1sc(NC(=O)[C@H]2CCCN2S(=O)(=O)c2cccs2)nc1C. The van der Waals surface area contributed by atoms with Gasteiger partial charge in [-0.05, 0) is 31.2 Å². The molecule has 0 radical (unpaired) electrons. The highest BCUT2D eigenvalue weighted by Crippen LogP contribution is 2.30. The van der Waals surface area contributed by atoms with Crippen LogP contribution in [0.3, 0.4) is 0 Å². The number of hydrogen-bond donors (Lipinski definition) is 1. The molecule has 1 fully saturated rings. The topological polar surface area (TPSA) is 96.4 Å². The number of thiophene rings is 1. The molecule has 2 aromatic rings. The van der Waals surface area contributed by atoms with Gasteiger partial charge < -0.3 is 5.32 Å². The summed E-state index contributed by atoms with van der Waals surface area (Å²) < 4.78 is 26.9. The summed E-state index contributed by atoms with van der Waals surface area (Å²) >= 11 is 2.24. The maximum atomic E-state index is 12.7. The molecule has 10 heteroatoms. The molecule has 3 heterocycles. The van der Waals surface area contributed by atoms with Gasteiger partial charge in [-0.2, -0.15) is 4.31 Å². The quantitative estimate of drug-likeness (QED) is 0.779. The minimum absolute atomic E-state index is 0.113. The smallest absolute Gasteiger partial charge is 0.253 e. The Hall–Kier alpha value is -1.62. The van der Waals surface area contributed by atoms with Crippen molar-refractivity contribution < 1.29 is 18.0 Å². The average Bonchev–Trinajstić information content (AvgIpc) is 3.27. The number of aryl methyl sites for hydroxylation is 1. The summed E-state index contributed by atoms with van der Waals surface area (Å²) in [6, 6.07) is 2.44. The first-order valence-electron chi connectivity index (χ1n) is 7.65. The zero-order valence-corrected chi connectivity index (χ0v) is 16.1. The average molecular weight is 400 g/mol. The molecule has 0 aromatic carbocycles. The molecule has 2 aromatic heterocycles. The second-order valence-electron chi connectivity index (χ2n) is 5.68. The Bertz CT molecular complexity index is 903. The van der Waals surface area contributed by atoms with Gasteiger partial charge in [0.2, 0.25) is 5.91 Å². The first-order valence-corrected chi connectivity index (χ1v) is 10.8. The number of amides is 1. The van der Waals surface area contributed by atoms with E-state index in [1.807, 2.05) is 0 Å². The Kier molecular flexibility index (Phi) is 5.05. The number of nitrogens with one attached hydrogen (secondary N) is 1. The molecule has 1 atom stereocenters. The number of rotatable bonds is 5. The van der Waals surface area contributed by atoms with Crippen molar-refractivity contribution in [2.24, 2.45) is 0 Å². The summed E-state index contributed by atoms with van der Waals surface area (Å²) in [7, 11) is -3.68. The van der Waals surface area contributed by atoms with Crippen LogP contribution in [0.2, 0.25) is 0 Å². The predicted molar refractivity (Wildman–Crippen MR) is 96.7 cm³/mol. The van der Waals surface area contributed by atoms with E-state index in [0.717, 1.165) is 22.7 Å². The molecule has 3 rings (SSSR count). The van der Waals surface area contributed by atoms with Crippen molar-refractivity contribution in [2.75, 3.05) is 11.9 Å². The third-order valence-corrected chi connectivity index (χ3v) is 8.37. The molecular weight excluding hydrogens is 382 g/mol. The van der Waals surface area contributed by atoms with Crippen molar-refractivity contribution in [1.82, 2.24) is 9.29 Å². The highest BCUT2D eigenvalue weighted by molar-refractivity contribution is 7.91. The van der Waals surface area contributed by atoms with Crippen LogP contribution in [0, 0.1) is 6.92 Å². The Morgan fingerprint density at radius 2 is 2.16 bits per heavy atom. The van der Waals surface area contributed by atoms with Crippen LogP contribution in [0.1, 0.15) is 35.1 Å². The summed E-state index contributed by atoms with van der Waals surface area (Å²) in [4.78, 5) is 28.8. The lowest BCUT2D eigenvalue weighted by atomic mass is 10.2. The molecule has 1 N–H and O–H groups in total. The van der Waals surface area contributed by atoms with Gasteiger partial charge in [-0.15, -0.1) is 11.3 Å². The third-order valence-electron chi connectivity index (χ3n) is 3.91. The fraction of sp³-hybridized carbons (Fsp3) is 0.400. The van der Waals surface area contributed by atoms with Crippen molar-refractivity contribution in [1.29, 1.82) is 0 Å². The van der Waals surface area contributed by atoms with Gasteiger partial charge in [0.15, 0.2) is 10.9 Å². The van der Waals surface area contributed by atoms with E-state index in [0.29, 0.717) is 35.1 Å². The van der Waals surface area contributed by atoms with Gasteiger partial charge in [-0.25, -0.2) is 13.4 Å². The highest BCUT2D eigenvalue weighted by atomic mass is 32.2. The summed E-state index contributed by atoms with van der Waals surface area (Å²) in [6.45, 7) is 3.46. The second-order valence-corrected chi connectivity index (χ2v) is 9.75. The Balaban J connectivity index is 1.80. The number of hydrogen-bond acceptors (Lipinski definition) is 7. The maximum Gasteiger partial charge on any atom is 0.253 e. The van der Waals surface area contributed by atoms with Crippen LogP contribution in [-0.2, 0) is 14.8 Å². The fourth-order valence-electron chi connectivity index (χ4n) is 2.78. The lowest BCUT2D eigenvalue weighted by Crippen LogP contribution is -2.42. The fourth-order valence-corrected chi connectivity index (χ4v) is 6.42. The minimum Gasteiger partial charge on any atom is -0.301 e. The number of ketones is 1. The standard InChI is InChI=1S/C15H17N3O4S3/c1-9-13(10(2)19)24-15(16-9)17-14(20)11-5-3-7-18(11)25(21,22)12-6-4-8-23-12/h4,6,8,11H,3,5,7H2,1-2H3,(H,16,17,20)/t11-/m1/s1. The summed E-state index contributed by atoms with van der Waals surface area (Å²) in [5.74, 6) is -0.528. The zero-order valence-electron chi connectivity index (χ0n) is 13.7. The monoisotopic (exact) mass is 399 g/mol. The molecule has 0 unspecified atom stereocenters. The number of aromatic nitrogens is 1. The number of carbonyl (C=O) groups is 2. The van der Waals surface area contributed by atoms with Crippen molar-refractivity contribution in [3.63, 3.8) is 0 Å². The van der Waals surface area contributed by atoms with E-state index in [9.17, 15) is 18.0 Å².